The number of carbonyl (C=O) groups excluding carboxylic acids is 1. The van der Waals surface area contributed by atoms with E-state index < -0.39 is 5.60 Å². The minimum Gasteiger partial charge on any atom is -0.379 e. The molecule has 0 aliphatic carbocycles. The molecule has 6 nitrogen and oxygen atoms in total. The Morgan fingerprint density at radius 2 is 2.08 bits per heavy atom. The maximum atomic E-state index is 12.8. The molecule has 1 atom stereocenters. The average Bonchev–Trinajstić information content (AvgIpc) is 2.95. The van der Waals surface area contributed by atoms with Crippen molar-refractivity contribution in [1.29, 1.82) is 0 Å². The second-order valence-corrected chi connectivity index (χ2v) is 7.18. The fourth-order valence-electron chi connectivity index (χ4n) is 3.58. The second kappa shape index (κ2) is 8.01. The highest BCUT2D eigenvalue weighted by Crippen LogP contribution is 2.22. The maximum Gasteiger partial charge on any atom is 0.255 e. The van der Waals surface area contributed by atoms with Crippen molar-refractivity contribution in [1.82, 2.24) is 20.0 Å². The van der Waals surface area contributed by atoms with Crippen LogP contribution >= 0.6 is 0 Å². The van der Waals surface area contributed by atoms with Gasteiger partial charge in [0.15, 0.2) is 5.60 Å². The molecular formula is C20H28N4O2. The summed E-state index contributed by atoms with van der Waals surface area (Å²) in [4.78, 5) is 14.6. The Bertz CT molecular complexity index is 744. The molecule has 1 aliphatic heterocycles. The molecular weight excluding hydrogens is 328 g/mol. The van der Waals surface area contributed by atoms with Crippen molar-refractivity contribution in [3.63, 3.8) is 0 Å². The number of hydrogen-bond acceptors (Lipinski definition) is 4. The Hall–Kier alpha value is -2.18. The van der Waals surface area contributed by atoms with Crippen LogP contribution in [0.5, 0.6) is 0 Å². The summed E-state index contributed by atoms with van der Waals surface area (Å²) < 4.78 is 1.78. The number of amides is 1. The monoisotopic (exact) mass is 356 g/mol. The molecule has 1 fully saturated rings. The number of hydrogen-bond donors (Lipinski definition) is 2. The van der Waals surface area contributed by atoms with Crippen LogP contribution in [0.25, 0.3) is 0 Å². The molecule has 6 heteroatoms. The standard InChI is InChI=1S/C20H28N4O2/c1-16-18(14-23(2)22-16)13-21-15-20(26)10-6-11-24(19(20)25)12-9-17-7-4-3-5-8-17/h3-5,7-8,14,21,26H,6,9-13,15H2,1-2H3/t20-/m0/s1. The van der Waals surface area contributed by atoms with E-state index in [-0.39, 0.29) is 12.5 Å². The molecule has 2 N–H and O–H groups in total. The summed E-state index contributed by atoms with van der Waals surface area (Å²) in [5, 5.41) is 18.4. The molecule has 2 aromatic rings. The molecule has 0 spiro atoms. The number of nitrogens with one attached hydrogen (secondary N) is 1. The van der Waals surface area contributed by atoms with Gasteiger partial charge in [-0.15, -0.1) is 0 Å². The van der Waals surface area contributed by atoms with Crippen LogP contribution < -0.4 is 5.32 Å². The predicted molar refractivity (Wildman–Crippen MR) is 101 cm³/mol. The Morgan fingerprint density at radius 1 is 1.31 bits per heavy atom. The first-order chi connectivity index (χ1) is 12.5. The van der Waals surface area contributed by atoms with Crippen molar-refractivity contribution in [3.05, 3.63) is 53.3 Å². The number of likely N-dealkylation sites (tertiary alicyclic amines) is 1. The lowest BCUT2D eigenvalue weighted by Gasteiger charge is -2.38. The van der Waals surface area contributed by atoms with Crippen LogP contribution in [0.1, 0.15) is 29.7 Å². The summed E-state index contributed by atoms with van der Waals surface area (Å²) in [6.45, 7) is 4.19. The molecule has 0 saturated carbocycles. The first-order valence-corrected chi connectivity index (χ1v) is 9.23. The lowest BCUT2D eigenvalue weighted by Crippen LogP contribution is -2.58. The van der Waals surface area contributed by atoms with Gasteiger partial charge in [-0.25, -0.2) is 0 Å². The van der Waals surface area contributed by atoms with Crippen molar-refractivity contribution in [2.24, 2.45) is 7.05 Å². The first-order valence-electron chi connectivity index (χ1n) is 9.23. The molecule has 2 heterocycles. The van der Waals surface area contributed by atoms with Crippen LogP contribution in [-0.4, -0.2) is 50.9 Å². The number of rotatable bonds is 7. The van der Waals surface area contributed by atoms with Crippen molar-refractivity contribution in [2.75, 3.05) is 19.6 Å². The molecule has 0 bridgehead atoms. The predicted octanol–water partition coefficient (Wildman–Crippen LogP) is 1.41. The third-order valence-corrected chi connectivity index (χ3v) is 5.06. The lowest BCUT2D eigenvalue weighted by atomic mass is 9.91. The van der Waals surface area contributed by atoms with E-state index in [4.69, 9.17) is 0 Å². The fourth-order valence-corrected chi connectivity index (χ4v) is 3.58. The number of benzene rings is 1. The number of piperidine rings is 1. The highest BCUT2D eigenvalue weighted by Gasteiger charge is 2.41. The summed E-state index contributed by atoms with van der Waals surface area (Å²) in [6, 6.07) is 10.1. The van der Waals surface area contributed by atoms with Gasteiger partial charge in [0.25, 0.3) is 5.91 Å². The Labute approximate surface area is 154 Å². The van der Waals surface area contributed by atoms with Gasteiger partial charge in [-0.2, -0.15) is 5.10 Å². The van der Waals surface area contributed by atoms with Crippen LogP contribution in [0.2, 0.25) is 0 Å². The van der Waals surface area contributed by atoms with Gasteiger partial charge >= 0.3 is 0 Å². The molecule has 0 unspecified atom stereocenters. The van der Waals surface area contributed by atoms with Crippen molar-refractivity contribution < 1.29 is 9.90 Å². The minimum atomic E-state index is -1.31. The summed E-state index contributed by atoms with van der Waals surface area (Å²) in [7, 11) is 1.89. The summed E-state index contributed by atoms with van der Waals surface area (Å²) in [6.07, 6.45) is 4.10. The topological polar surface area (TPSA) is 70.4 Å². The van der Waals surface area contributed by atoms with Crippen molar-refractivity contribution in [2.45, 2.75) is 38.3 Å². The van der Waals surface area contributed by atoms with Gasteiger partial charge in [0.1, 0.15) is 0 Å². The van der Waals surface area contributed by atoms with Gasteiger partial charge in [0.05, 0.1) is 5.69 Å². The zero-order valence-corrected chi connectivity index (χ0v) is 15.6. The van der Waals surface area contributed by atoms with Gasteiger partial charge < -0.3 is 15.3 Å². The van der Waals surface area contributed by atoms with E-state index in [0.29, 0.717) is 19.5 Å². The first kappa shape index (κ1) is 18.6. The van der Waals surface area contributed by atoms with Gasteiger partial charge in [0.2, 0.25) is 0 Å². The number of aromatic nitrogens is 2. The van der Waals surface area contributed by atoms with Gasteiger partial charge in [0, 0.05) is 45.0 Å². The summed E-state index contributed by atoms with van der Waals surface area (Å²) in [5.74, 6) is -0.157. The Balaban J connectivity index is 1.54. The molecule has 1 amide bonds. The molecule has 0 radical (unpaired) electrons. The third-order valence-electron chi connectivity index (χ3n) is 5.06. The molecule has 1 aromatic heterocycles. The van der Waals surface area contributed by atoms with Crippen LogP contribution in [0.15, 0.2) is 36.5 Å². The zero-order chi connectivity index (χ0) is 18.6. The lowest BCUT2D eigenvalue weighted by molar-refractivity contribution is -0.156. The maximum absolute atomic E-state index is 12.8. The highest BCUT2D eigenvalue weighted by atomic mass is 16.3. The normalized spacial score (nSPS) is 20.6. The number of nitrogens with zero attached hydrogens (tertiary/aromatic N) is 3. The van der Waals surface area contributed by atoms with Gasteiger partial charge in [-0.1, -0.05) is 30.3 Å². The molecule has 1 aliphatic rings. The average molecular weight is 356 g/mol. The Kier molecular flexibility index (Phi) is 5.74. The smallest absolute Gasteiger partial charge is 0.255 e. The van der Waals surface area contributed by atoms with Crippen LogP contribution in [0, 0.1) is 6.92 Å². The van der Waals surface area contributed by atoms with Gasteiger partial charge in [-0.05, 0) is 31.7 Å². The van der Waals surface area contributed by atoms with Crippen LogP contribution in [-0.2, 0) is 24.8 Å². The number of aliphatic hydroxyl groups is 1. The zero-order valence-electron chi connectivity index (χ0n) is 15.6. The number of aryl methyl sites for hydroxylation is 2. The van der Waals surface area contributed by atoms with Crippen molar-refractivity contribution in [3.8, 4) is 0 Å². The molecule has 26 heavy (non-hydrogen) atoms. The van der Waals surface area contributed by atoms with E-state index in [0.717, 1.165) is 30.6 Å². The van der Waals surface area contributed by atoms with Crippen molar-refractivity contribution >= 4 is 5.91 Å². The summed E-state index contributed by atoms with van der Waals surface area (Å²) >= 11 is 0. The van der Waals surface area contributed by atoms with E-state index in [9.17, 15) is 9.90 Å². The van der Waals surface area contributed by atoms with Crippen LogP contribution in [0.3, 0.4) is 0 Å². The van der Waals surface area contributed by atoms with E-state index in [1.165, 1.54) is 5.56 Å². The van der Waals surface area contributed by atoms with E-state index in [1.54, 1.807) is 9.58 Å². The van der Waals surface area contributed by atoms with E-state index >= 15 is 0 Å². The SMILES string of the molecule is Cc1nn(C)cc1CNC[C@@]1(O)CCCN(CCc2ccccc2)C1=O. The Morgan fingerprint density at radius 3 is 2.77 bits per heavy atom. The number of carbonyl (C=O) groups is 1. The molecule has 3 rings (SSSR count). The quantitative estimate of drug-likeness (QED) is 0.787. The summed E-state index contributed by atoms with van der Waals surface area (Å²) in [5.41, 5.74) is 1.94. The van der Waals surface area contributed by atoms with E-state index in [1.807, 2.05) is 38.4 Å². The van der Waals surface area contributed by atoms with E-state index in [2.05, 4.69) is 22.5 Å². The van der Waals surface area contributed by atoms with Crippen LogP contribution in [0.4, 0.5) is 0 Å². The second-order valence-electron chi connectivity index (χ2n) is 7.18. The van der Waals surface area contributed by atoms with Gasteiger partial charge in [-0.3, -0.25) is 9.48 Å². The fraction of sp³-hybridized carbons (Fsp3) is 0.500. The third kappa shape index (κ3) is 4.31. The highest BCUT2D eigenvalue weighted by molar-refractivity contribution is 5.86. The molecule has 1 saturated heterocycles. The molecule has 1 aromatic carbocycles. The largest absolute Gasteiger partial charge is 0.379 e. The minimum absolute atomic E-state index is 0.157. The molecule has 140 valence electrons.